The maximum Gasteiger partial charge on any atom is 0.274 e. The summed E-state index contributed by atoms with van der Waals surface area (Å²) >= 11 is 0. The highest BCUT2D eigenvalue weighted by Crippen LogP contribution is 2.25. The van der Waals surface area contributed by atoms with Gasteiger partial charge in [0, 0.05) is 29.8 Å². The zero-order chi connectivity index (χ0) is 17.0. The molecule has 0 saturated carbocycles. The Labute approximate surface area is 134 Å². The quantitative estimate of drug-likeness (QED) is 0.656. The van der Waals surface area contributed by atoms with Crippen LogP contribution >= 0.6 is 0 Å². The third kappa shape index (κ3) is 3.92. The molecule has 0 bridgehead atoms. The Balaban J connectivity index is 2.25. The van der Waals surface area contributed by atoms with Crippen molar-refractivity contribution < 1.29 is 9.72 Å². The van der Waals surface area contributed by atoms with Gasteiger partial charge in [-0.1, -0.05) is 36.4 Å². The zero-order valence-electron chi connectivity index (χ0n) is 13.1. The first-order chi connectivity index (χ1) is 10.9. The van der Waals surface area contributed by atoms with E-state index in [1.54, 1.807) is 6.07 Å². The molecule has 0 fully saturated rings. The Morgan fingerprint density at radius 2 is 1.91 bits per heavy atom. The molecule has 2 rings (SSSR count). The molecule has 0 spiro atoms. The first kappa shape index (κ1) is 16.6. The number of nitro groups is 1. The molecule has 6 heteroatoms. The van der Waals surface area contributed by atoms with Gasteiger partial charge in [0.05, 0.1) is 4.92 Å². The summed E-state index contributed by atoms with van der Waals surface area (Å²) in [6.45, 7) is 2.43. The number of carbonyl (C=O) groups is 1. The second-order valence-corrected chi connectivity index (χ2v) is 5.47. The van der Waals surface area contributed by atoms with Crippen molar-refractivity contribution in [2.45, 2.75) is 19.5 Å². The number of hydrogen-bond donors (Lipinski definition) is 1. The maximum atomic E-state index is 11.3. The molecule has 0 aliphatic heterocycles. The Morgan fingerprint density at radius 3 is 2.48 bits per heavy atom. The fourth-order valence-electron chi connectivity index (χ4n) is 2.41. The third-order valence-electron chi connectivity index (χ3n) is 3.93. The van der Waals surface area contributed by atoms with Crippen molar-refractivity contribution in [1.29, 1.82) is 0 Å². The number of primary amides is 1. The van der Waals surface area contributed by atoms with E-state index in [4.69, 9.17) is 5.73 Å². The van der Waals surface area contributed by atoms with E-state index in [-0.39, 0.29) is 17.3 Å². The molecule has 2 N–H and O–H groups in total. The topological polar surface area (TPSA) is 89.5 Å². The number of hydrogen-bond acceptors (Lipinski definition) is 4. The van der Waals surface area contributed by atoms with E-state index in [2.05, 4.69) is 0 Å². The average molecular weight is 313 g/mol. The minimum absolute atomic E-state index is 0.0894. The molecular formula is C17H19N3O3. The fraction of sp³-hybridized carbons (Fsp3) is 0.235. The second-order valence-electron chi connectivity index (χ2n) is 5.47. The second kappa shape index (κ2) is 7.02. The molecule has 0 unspecified atom stereocenters. The number of benzene rings is 2. The van der Waals surface area contributed by atoms with E-state index >= 15 is 0 Å². The molecular weight excluding hydrogens is 294 g/mol. The highest BCUT2D eigenvalue weighted by atomic mass is 16.6. The predicted molar refractivity (Wildman–Crippen MR) is 87.9 cm³/mol. The van der Waals surface area contributed by atoms with Gasteiger partial charge >= 0.3 is 0 Å². The van der Waals surface area contributed by atoms with Crippen LogP contribution in [0.2, 0.25) is 0 Å². The van der Waals surface area contributed by atoms with E-state index in [1.807, 2.05) is 49.2 Å². The number of nitro benzene ring substituents is 1. The van der Waals surface area contributed by atoms with Gasteiger partial charge < -0.3 is 5.73 Å². The highest BCUT2D eigenvalue weighted by molar-refractivity contribution is 5.93. The van der Waals surface area contributed by atoms with Gasteiger partial charge in [0.2, 0.25) is 5.91 Å². The lowest BCUT2D eigenvalue weighted by Gasteiger charge is -2.25. The van der Waals surface area contributed by atoms with Crippen LogP contribution in [0.3, 0.4) is 0 Å². The molecule has 120 valence electrons. The predicted octanol–water partition coefficient (Wildman–Crippen LogP) is 2.89. The molecule has 2 aromatic carbocycles. The molecule has 0 radical (unpaired) electrons. The van der Waals surface area contributed by atoms with E-state index in [0.29, 0.717) is 12.1 Å². The zero-order valence-corrected chi connectivity index (χ0v) is 13.1. The van der Waals surface area contributed by atoms with Gasteiger partial charge in [-0.05, 0) is 25.6 Å². The lowest BCUT2D eigenvalue weighted by molar-refractivity contribution is -0.385. The summed E-state index contributed by atoms with van der Waals surface area (Å²) in [5.74, 6) is -0.675. The molecule has 0 saturated heterocycles. The van der Waals surface area contributed by atoms with Crippen molar-refractivity contribution in [2.75, 3.05) is 7.05 Å². The number of carbonyl (C=O) groups excluding carboxylic acids is 1. The third-order valence-corrected chi connectivity index (χ3v) is 3.93. The monoisotopic (exact) mass is 313 g/mol. The summed E-state index contributed by atoms with van der Waals surface area (Å²) in [6.07, 6.45) is 0. The SMILES string of the molecule is C[C@H](c1ccccc1)N(C)Cc1ccc(C(N)=O)cc1[N+](=O)[O-]. The largest absolute Gasteiger partial charge is 0.366 e. The molecule has 0 aliphatic rings. The Morgan fingerprint density at radius 1 is 1.26 bits per heavy atom. The van der Waals surface area contributed by atoms with Crippen LogP contribution in [0.1, 0.15) is 34.5 Å². The number of nitrogens with zero attached hydrogens (tertiary/aromatic N) is 2. The minimum Gasteiger partial charge on any atom is -0.366 e. The van der Waals surface area contributed by atoms with Crippen LogP contribution in [0.15, 0.2) is 48.5 Å². The van der Waals surface area contributed by atoms with Gasteiger partial charge in [0.1, 0.15) is 0 Å². The number of rotatable bonds is 6. The van der Waals surface area contributed by atoms with E-state index in [9.17, 15) is 14.9 Å². The van der Waals surface area contributed by atoms with Crippen LogP contribution in [0.25, 0.3) is 0 Å². The molecule has 1 amide bonds. The fourth-order valence-corrected chi connectivity index (χ4v) is 2.41. The molecule has 2 aromatic rings. The molecule has 0 aromatic heterocycles. The van der Waals surface area contributed by atoms with Gasteiger partial charge in [0.15, 0.2) is 0 Å². The first-order valence-electron chi connectivity index (χ1n) is 7.22. The van der Waals surface area contributed by atoms with Gasteiger partial charge in [-0.15, -0.1) is 0 Å². The summed E-state index contributed by atoms with van der Waals surface area (Å²) in [7, 11) is 1.91. The molecule has 1 atom stereocenters. The van der Waals surface area contributed by atoms with E-state index in [1.165, 1.54) is 12.1 Å². The van der Waals surface area contributed by atoms with Gasteiger partial charge in [-0.25, -0.2) is 0 Å². The number of nitrogens with two attached hydrogens (primary N) is 1. The van der Waals surface area contributed by atoms with Crippen LogP contribution in [0, 0.1) is 10.1 Å². The van der Waals surface area contributed by atoms with Crippen LogP contribution < -0.4 is 5.73 Å². The summed E-state index contributed by atoms with van der Waals surface area (Å²) < 4.78 is 0. The van der Waals surface area contributed by atoms with Gasteiger partial charge in [0.25, 0.3) is 5.69 Å². The van der Waals surface area contributed by atoms with E-state index in [0.717, 1.165) is 5.56 Å². The van der Waals surface area contributed by atoms with Crippen LogP contribution in [-0.2, 0) is 6.54 Å². The van der Waals surface area contributed by atoms with Crippen molar-refractivity contribution in [3.8, 4) is 0 Å². The molecule has 23 heavy (non-hydrogen) atoms. The smallest absolute Gasteiger partial charge is 0.274 e. The summed E-state index contributed by atoms with van der Waals surface area (Å²) in [6, 6.07) is 14.4. The normalized spacial score (nSPS) is 12.1. The lowest BCUT2D eigenvalue weighted by atomic mass is 10.0. The van der Waals surface area contributed by atoms with Crippen molar-refractivity contribution in [1.82, 2.24) is 4.90 Å². The Hall–Kier alpha value is -2.73. The van der Waals surface area contributed by atoms with Crippen molar-refractivity contribution in [3.05, 3.63) is 75.3 Å². The Kier molecular flexibility index (Phi) is 5.08. The van der Waals surface area contributed by atoms with Gasteiger partial charge in [-0.3, -0.25) is 19.8 Å². The van der Waals surface area contributed by atoms with Gasteiger partial charge in [-0.2, -0.15) is 0 Å². The van der Waals surface area contributed by atoms with Crippen LogP contribution in [0.4, 0.5) is 5.69 Å². The summed E-state index contributed by atoms with van der Waals surface area (Å²) in [5, 5.41) is 11.3. The van der Waals surface area contributed by atoms with Crippen molar-refractivity contribution >= 4 is 11.6 Å². The average Bonchev–Trinajstić information content (AvgIpc) is 2.54. The summed E-state index contributed by atoms with van der Waals surface area (Å²) in [4.78, 5) is 24.0. The minimum atomic E-state index is -0.675. The molecule has 0 aliphatic carbocycles. The van der Waals surface area contributed by atoms with Crippen molar-refractivity contribution in [3.63, 3.8) is 0 Å². The Bertz CT molecular complexity index is 716. The van der Waals surface area contributed by atoms with Crippen LogP contribution in [-0.4, -0.2) is 22.8 Å². The molecule has 6 nitrogen and oxygen atoms in total. The molecule has 0 heterocycles. The maximum absolute atomic E-state index is 11.3. The lowest BCUT2D eigenvalue weighted by Crippen LogP contribution is -2.22. The first-order valence-corrected chi connectivity index (χ1v) is 7.22. The number of amides is 1. The van der Waals surface area contributed by atoms with Crippen molar-refractivity contribution in [2.24, 2.45) is 5.73 Å². The van der Waals surface area contributed by atoms with E-state index < -0.39 is 10.8 Å². The summed E-state index contributed by atoms with van der Waals surface area (Å²) in [5.41, 5.74) is 6.91. The highest BCUT2D eigenvalue weighted by Gasteiger charge is 2.20. The standard InChI is InChI=1S/C17H19N3O3/c1-12(13-6-4-3-5-7-13)19(2)11-15-9-8-14(17(18)21)10-16(15)20(22)23/h3-10,12H,11H2,1-2H3,(H2,18,21)/t12-/m1/s1. The van der Waals surface area contributed by atoms with Crippen LogP contribution in [0.5, 0.6) is 0 Å².